The fraction of sp³-hybridized carbons (Fsp3) is 0.924. The highest BCUT2D eigenvalue weighted by molar-refractivity contribution is 5.71. The predicted molar refractivity (Wildman–Crippen MR) is 438 cm³/mol. The highest BCUT2D eigenvalue weighted by Crippen LogP contribution is 2.22. The van der Waals surface area contributed by atoms with Crippen LogP contribution >= 0.6 is 0 Å². The summed E-state index contributed by atoms with van der Waals surface area (Å²) in [7, 11) is 6.01. The molecule has 0 spiro atoms. The van der Waals surface area contributed by atoms with Gasteiger partial charge in [-0.1, -0.05) is 456 Å². The molecule has 0 aliphatic heterocycles. The first-order chi connectivity index (χ1) is 49.6. The molecule has 2 atom stereocenters. The van der Waals surface area contributed by atoms with Gasteiger partial charge in [0.25, 0.3) is 6.29 Å². The second kappa shape index (κ2) is 83.4. The van der Waals surface area contributed by atoms with Gasteiger partial charge >= 0.3 is 17.9 Å². The highest BCUT2D eigenvalue weighted by atomic mass is 16.7. The highest BCUT2D eigenvalue weighted by Gasteiger charge is 2.25. The van der Waals surface area contributed by atoms with Gasteiger partial charge < -0.3 is 28.5 Å². The number of carbonyl (C=O) groups excluding carboxylic acids is 2. The van der Waals surface area contributed by atoms with Crippen molar-refractivity contribution < 1.29 is 42.9 Å². The lowest BCUT2D eigenvalue weighted by atomic mass is 10.0. The summed E-state index contributed by atoms with van der Waals surface area (Å²) < 4.78 is 23.1. The van der Waals surface area contributed by atoms with E-state index in [0.717, 1.165) is 44.9 Å². The zero-order chi connectivity index (χ0) is 73.2. The molecular weight excluding hydrogens is 1250 g/mol. The normalized spacial score (nSPS) is 12.6. The third-order valence-corrected chi connectivity index (χ3v) is 21.2. The number of carbonyl (C=O) groups is 3. The van der Waals surface area contributed by atoms with E-state index in [1.165, 1.54) is 417 Å². The molecular formula is C92H178NO8+. The van der Waals surface area contributed by atoms with Crippen LogP contribution in [0.4, 0.5) is 0 Å². The summed E-state index contributed by atoms with van der Waals surface area (Å²) in [5.41, 5.74) is 0. The van der Waals surface area contributed by atoms with Gasteiger partial charge in [0.1, 0.15) is 13.2 Å². The third kappa shape index (κ3) is 84.9. The minimum atomic E-state index is -1.51. The second-order valence-corrected chi connectivity index (χ2v) is 32.6. The minimum Gasteiger partial charge on any atom is -0.477 e. The van der Waals surface area contributed by atoms with E-state index in [4.69, 9.17) is 18.9 Å². The van der Waals surface area contributed by atoms with Gasteiger partial charge in [-0.3, -0.25) is 9.59 Å². The van der Waals surface area contributed by atoms with Crippen molar-refractivity contribution in [3.63, 3.8) is 0 Å². The van der Waals surface area contributed by atoms with E-state index in [2.05, 4.69) is 38.2 Å². The summed E-state index contributed by atoms with van der Waals surface area (Å²) >= 11 is 0. The standard InChI is InChI=1S/C92H177NO8/c1-6-8-10-12-14-16-18-20-22-24-26-28-30-32-34-36-38-40-42-43-44-45-46-47-49-51-53-55-57-59-61-63-65-67-69-71-73-75-77-79-81-83-90(95)101-88(87-100-92(91(96)97)98-85-84-93(3,4)5)86-99-89(94)82-80-78-76-74-72-70-68-66-64-62-60-58-56-54-52-50-48-41-39-37-35-33-31-29-27-25-23-21-19-17-15-13-11-9-7-2/h18,20,24,26,88,92H,6-17,19,21-23,25,27-87H2,1-5H3/p+1/b20-18-,26-24-. The molecule has 0 aromatic heterocycles. The topological polar surface area (TPSA) is 108 Å². The van der Waals surface area contributed by atoms with Gasteiger partial charge in [0.05, 0.1) is 34.4 Å². The van der Waals surface area contributed by atoms with Crippen LogP contribution in [0.5, 0.6) is 0 Å². The number of hydrogen-bond donors (Lipinski definition) is 1. The molecule has 0 bridgehead atoms. The molecule has 0 radical (unpaired) electrons. The van der Waals surface area contributed by atoms with Gasteiger partial charge in [-0.2, -0.15) is 0 Å². The van der Waals surface area contributed by atoms with Crippen molar-refractivity contribution in [1.82, 2.24) is 0 Å². The third-order valence-electron chi connectivity index (χ3n) is 21.2. The largest absolute Gasteiger partial charge is 0.477 e. The number of quaternary nitrogens is 1. The Morgan fingerprint density at radius 3 is 0.782 bits per heavy atom. The average molecular weight is 1430 g/mol. The van der Waals surface area contributed by atoms with Crippen LogP contribution in [0.1, 0.15) is 489 Å². The van der Waals surface area contributed by atoms with E-state index >= 15 is 0 Å². The van der Waals surface area contributed by atoms with Crippen LogP contribution in [0.2, 0.25) is 0 Å². The Balaban J connectivity index is 3.87. The number of esters is 2. The number of ether oxygens (including phenoxy) is 4. The van der Waals surface area contributed by atoms with Crippen LogP contribution in [0.3, 0.4) is 0 Å². The van der Waals surface area contributed by atoms with Crippen molar-refractivity contribution in [3.8, 4) is 0 Å². The number of likely N-dealkylation sites (N-methyl/N-ethyl adjacent to an activating group) is 1. The molecule has 0 saturated carbocycles. The van der Waals surface area contributed by atoms with Crippen LogP contribution < -0.4 is 0 Å². The minimum absolute atomic E-state index is 0.173. The SMILES string of the molecule is CCCCCCC/C=C\C/C=C\CCCCCCCCCCCCCCCCCCCCCCCCCCCCCCCC(=O)OC(COC(=O)CCCCCCCCCCCCCCCCCCCCCCCCCCCCCCCCCCCCC)COC(OCC[N+](C)(C)C)C(=O)O. The number of rotatable bonds is 87. The fourth-order valence-corrected chi connectivity index (χ4v) is 14.3. The molecule has 0 rings (SSSR count). The lowest BCUT2D eigenvalue weighted by Crippen LogP contribution is -2.40. The maximum Gasteiger partial charge on any atom is 0.361 e. The number of nitrogens with zero attached hydrogens (tertiary/aromatic N) is 1. The van der Waals surface area contributed by atoms with E-state index < -0.39 is 18.4 Å². The Kier molecular flexibility index (Phi) is 81.6. The molecule has 0 aromatic carbocycles. The van der Waals surface area contributed by atoms with Crippen molar-refractivity contribution in [1.29, 1.82) is 0 Å². The molecule has 0 aliphatic carbocycles. The van der Waals surface area contributed by atoms with Crippen molar-refractivity contribution in [2.75, 3.05) is 47.5 Å². The Morgan fingerprint density at radius 1 is 0.297 bits per heavy atom. The zero-order valence-corrected chi connectivity index (χ0v) is 68.9. The van der Waals surface area contributed by atoms with E-state index in [1.807, 2.05) is 21.1 Å². The van der Waals surface area contributed by atoms with Crippen molar-refractivity contribution in [2.45, 2.75) is 501 Å². The second-order valence-electron chi connectivity index (χ2n) is 32.6. The Bertz CT molecular complexity index is 1710. The first-order valence-corrected chi connectivity index (χ1v) is 45.5. The van der Waals surface area contributed by atoms with Gasteiger partial charge in [-0.05, 0) is 44.9 Å². The summed E-state index contributed by atoms with van der Waals surface area (Å²) in [5, 5.41) is 9.79. The van der Waals surface area contributed by atoms with Gasteiger partial charge in [0.2, 0.25) is 0 Å². The number of carboxylic acid groups (broad SMARTS) is 1. The molecule has 0 aromatic rings. The Morgan fingerprint density at radius 2 is 0.535 bits per heavy atom. The summed E-state index contributed by atoms with van der Waals surface area (Å²) in [6.45, 7) is 4.97. The molecule has 0 aliphatic rings. The molecule has 9 heteroatoms. The number of unbranched alkanes of at least 4 members (excludes halogenated alkanes) is 68. The van der Waals surface area contributed by atoms with Crippen molar-refractivity contribution in [3.05, 3.63) is 24.3 Å². The monoisotopic (exact) mass is 1430 g/mol. The number of carboxylic acids is 1. The molecule has 9 nitrogen and oxygen atoms in total. The first kappa shape index (κ1) is 98.8. The molecule has 598 valence electrons. The fourth-order valence-electron chi connectivity index (χ4n) is 14.3. The number of hydrogen-bond acceptors (Lipinski definition) is 7. The molecule has 0 fully saturated rings. The number of aliphatic carboxylic acids is 1. The summed E-state index contributed by atoms with van der Waals surface area (Å²) in [6, 6.07) is 0. The summed E-state index contributed by atoms with van der Waals surface area (Å²) in [5.74, 6) is -1.96. The number of allylic oxidation sites excluding steroid dienone is 4. The lowest BCUT2D eigenvalue weighted by molar-refractivity contribution is -0.870. The molecule has 1 N–H and O–H groups in total. The van der Waals surface area contributed by atoms with Crippen molar-refractivity contribution >= 4 is 17.9 Å². The van der Waals surface area contributed by atoms with Gasteiger partial charge in [-0.15, -0.1) is 0 Å². The van der Waals surface area contributed by atoms with Crippen LogP contribution in [0, 0.1) is 0 Å². The molecule has 2 unspecified atom stereocenters. The van der Waals surface area contributed by atoms with Crippen molar-refractivity contribution in [2.24, 2.45) is 0 Å². The average Bonchev–Trinajstić information content (AvgIpc) is 1.21. The lowest BCUT2D eigenvalue weighted by Gasteiger charge is -2.25. The first-order valence-electron chi connectivity index (χ1n) is 45.5. The predicted octanol–water partition coefficient (Wildman–Crippen LogP) is 29.6. The Hall–Kier alpha value is -2.23. The van der Waals surface area contributed by atoms with E-state index in [-0.39, 0.29) is 38.2 Å². The maximum absolute atomic E-state index is 13.0. The van der Waals surface area contributed by atoms with Crippen LogP contribution in [-0.2, 0) is 33.3 Å². The van der Waals surface area contributed by atoms with Crippen LogP contribution in [-0.4, -0.2) is 87.4 Å². The molecule has 0 amide bonds. The molecule has 101 heavy (non-hydrogen) atoms. The van der Waals surface area contributed by atoms with Gasteiger partial charge in [-0.25, -0.2) is 4.79 Å². The van der Waals surface area contributed by atoms with Crippen LogP contribution in [0.15, 0.2) is 24.3 Å². The zero-order valence-electron chi connectivity index (χ0n) is 68.9. The van der Waals surface area contributed by atoms with E-state index in [9.17, 15) is 19.5 Å². The summed E-state index contributed by atoms with van der Waals surface area (Å²) in [4.78, 5) is 37.8. The Labute approximate surface area is 630 Å². The maximum atomic E-state index is 13.0. The van der Waals surface area contributed by atoms with E-state index in [1.54, 1.807) is 0 Å². The molecule has 0 heterocycles. The van der Waals surface area contributed by atoms with E-state index in [0.29, 0.717) is 17.4 Å². The van der Waals surface area contributed by atoms with Crippen LogP contribution in [0.25, 0.3) is 0 Å². The van der Waals surface area contributed by atoms with Gasteiger partial charge in [0, 0.05) is 12.8 Å². The quantitative estimate of drug-likeness (QED) is 0.0211. The molecule has 0 saturated heterocycles. The van der Waals surface area contributed by atoms with Gasteiger partial charge in [0.15, 0.2) is 6.10 Å². The smallest absolute Gasteiger partial charge is 0.361 e. The summed E-state index contributed by atoms with van der Waals surface area (Å²) in [6.07, 6.45) is 105.